The van der Waals surface area contributed by atoms with Crippen molar-refractivity contribution < 1.29 is 9.90 Å². The lowest BCUT2D eigenvalue weighted by atomic mass is 10.1. The topological polar surface area (TPSA) is 92.2 Å². The average molecular weight is 314 g/mol. The molecule has 0 aliphatic rings. The summed E-state index contributed by atoms with van der Waals surface area (Å²) in [6.07, 6.45) is 4.20. The maximum atomic E-state index is 12.2. The van der Waals surface area contributed by atoms with Crippen molar-refractivity contribution in [3.05, 3.63) is 68.4 Å². The molecule has 0 spiro atoms. The molecular formula is C17H18N2O4. The van der Waals surface area contributed by atoms with Crippen molar-refractivity contribution in [1.82, 2.24) is 9.55 Å². The predicted octanol–water partition coefficient (Wildman–Crippen LogP) is 1.94. The molecule has 0 amide bonds. The number of ketones is 1. The van der Waals surface area contributed by atoms with Gasteiger partial charge in [-0.2, -0.15) is 0 Å². The molecule has 1 aromatic carbocycles. The highest BCUT2D eigenvalue weighted by Crippen LogP contribution is 2.13. The number of aromatic hydroxyl groups is 1. The number of aromatic amines is 1. The molecule has 6 heteroatoms. The highest BCUT2D eigenvalue weighted by Gasteiger charge is 2.18. The van der Waals surface area contributed by atoms with E-state index in [1.165, 1.54) is 6.08 Å². The largest absolute Gasteiger partial charge is 0.494 e. The quantitative estimate of drug-likeness (QED) is 0.629. The molecule has 0 unspecified atom stereocenters. The molecule has 2 rings (SSSR count). The van der Waals surface area contributed by atoms with E-state index in [0.717, 1.165) is 16.6 Å². The molecule has 1 heterocycles. The van der Waals surface area contributed by atoms with Crippen molar-refractivity contribution in [2.24, 2.45) is 0 Å². The second kappa shape index (κ2) is 7.40. The first-order valence-electron chi connectivity index (χ1n) is 7.38. The van der Waals surface area contributed by atoms with Crippen LogP contribution in [-0.2, 0) is 6.54 Å². The van der Waals surface area contributed by atoms with Gasteiger partial charge in [-0.15, -0.1) is 0 Å². The van der Waals surface area contributed by atoms with Crippen LogP contribution in [0.2, 0.25) is 0 Å². The molecule has 0 bridgehead atoms. The van der Waals surface area contributed by atoms with Crippen LogP contribution in [0.4, 0.5) is 0 Å². The summed E-state index contributed by atoms with van der Waals surface area (Å²) < 4.78 is 1.01. The number of nitrogens with one attached hydrogen (secondary N) is 1. The zero-order valence-corrected chi connectivity index (χ0v) is 12.8. The minimum Gasteiger partial charge on any atom is -0.494 e. The molecule has 6 nitrogen and oxygen atoms in total. The van der Waals surface area contributed by atoms with Crippen LogP contribution in [0.5, 0.6) is 5.88 Å². The lowest BCUT2D eigenvalue weighted by Crippen LogP contribution is -2.33. The van der Waals surface area contributed by atoms with Gasteiger partial charge in [-0.25, -0.2) is 4.79 Å². The smallest absolute Gasteiger partial charge is 0.331 e. The third-order valence-corrected chi connectivity index (χ3v) is 3.38. The van der Waals surface area contributed by atoms with Crippen LogP contribution in [0, 0.1) is 0 Å². The number of carbonyl (C=O) groups is 1. The Hall–Kier alpha value is -2.89. The summed E-state index contributed by atoms with van der Waals surface area (Å²) in [4.78, 5) is 37.9. The van der Waals surface area contributed by atoms with Crippen LogP contribution in [0.25, 0.3) is 6.08 Å². The first-order valence-corrected chi connectivity index (χ1v) is 7.38. The Labute approximate surface area is 132 Å². The fraction of sp³-hybridized carbons (Fsp3) is 0.235. The molecule has 0 saturated heterocycles. The van der Waals surface area contributed by atoms with E-state index in [9.17, 15) is 19.5 Å². The second-order valence-electron chi connectivity index (χ2n) is 5.07. The van der Waals surface area contributed by atoms with Gasteiger partial charge in [-0.3, -0.25) is 19.1 Å². The monoisotopic (exact) mass is 314 g/mol. The lowest BCUT2D eigenvalue weighted by Gasteiger charge is -2.09. The van der Waals surface area contributed by atoms with Crippen molar-refractivity contribution in [1.29, 1.82) is 0 Å². The fourth-order valence-electron chi connectivity index (χ4n) is 2.12. The molecule has 23 heavy (non-hydrogen) atoms. The second-order valence-corrected chi connectivity index (χ2v) is 5.07. The lowest BCUT2D eigenvalue weighted by molar-refractivity contribution is 0.104. The highest BCUT2D eigenvalue weighted by atomic mass is 16.3. The van der Waals surface area contributed by atoms with Crippen LogP contribution in [-0.4, -0.2) is 20.4 Å². The SMILES string of the molecule is CCCCn1c(O)c(C(=O)C=Cc2ccccc2)c(=O)[nH]c1=O. The van der Waals surface area contributed by atoms with Crippen molar-refractivity contribution in [2.75, 3.05) is 0 Å². The zero-order chi connectivity index (χ0) is 16.8. The Kier molecular flexibility index (Phi) is 5.30. The molecule has 120 valence electrons. The van der Waals surface area contributed by atoms with Crippen molar-refractivity contribution in [3.63, 3.8) is 0 Å². The molecule has 1 aromatic heterocycles. The van der Waals surface area contributed by atoms with Gasteiger partial charge in [0.1, 0.15) is 5.56 Å². The summed E-state index contributed by atoms with van der Waals surface area (Å²) in [5.41, 5.74) is -1.24. The fourth-order valence-corrected chi connectivity index (χ4v) is 2.12. The molecule has 0 aliphatic carbocycles. The maximum Gasteiger partial charge on any atom is 0.331 e. The molecule has 0 fully saturated rings. The Morgan fingerprint density at radius 3 is 2.61 bits per heavy atom. The maximum absolute atomic E-state index is 12.2. The zero-order valence-electron chi connectivity index (χ0n) is 12.8. The van der Waals surface area contributed by atoms with Crippen LogP contribution in [0.1, 0.15) is 35.7 Å². The third kappa shape index (κ3) is 3.85. The number of benzene rings is 1. The molecule has 2 N–H and O–H groups in total. The van der Waals surface area contributed by atoms with E-state index in [1.54, 1.807) is 18.2 Å². The molecular weight excluding hydrogens is 296 g/mol. The summed E-state index contributed by atoms with van der Waals surface area (Å²) in [6, 6.07) is 9.09. The van der Waals surface area contributed by atoms with Crippen LogP contribution < -0.4 is 11.2 Å². The van der Waals surface area contributed by atoms with E-state index in [2.05, 4.69) is 4.98 Å². The summed E-state index contributed by atoms with van der Waals surface area (Å²) >= 11 is 0. The molecule has 0 atom stereocenters. The standard InChI is InChI=1S/C17H18N2O4/c1-2-3-11-19-16(22)14(15(21)18-17(19)23)13(20)10-9-12-7-5-4-6-8-12/h4-10,22H,2-3,11H2,1H3,(H,18,21,23). The first kappa shape index (κ1) is 16.5. The normalized spacial score (nSPS) is 11.0. The van der Waals surface area contributed by atoms with Gasteiger partial charge < -0.3 is 5.11 Å². The molecule has 0 saturated carbocycles. The molecule has 2 aromatic rings. The van der Waals surface area contributed by atoms with E-state index in [-0.39, 0.29) is 6.54 Å². The Morgan fingerprint density at radius 1 is 1.26 bits per heavy atom. The number of aromatic nitrogens is 2. The van der Waals surface area contributed by atoms with E-state index in [0.29, 0.717) is 6.42 Å². The first-order chi connectivity index (χ1) is 11.0. The summed E-state index contributed by atoms with van der Waals surface area (Å²) in [5.74, 6) is -1.24. The Bertz CT molecular complexity index is 832. The Balaban J connectivity index is 2.38. The van der Waals surface area contributed by atoms with Gasteiger partial charge in [0, 0.05) is 6.54 Å². The number of allylic oxidation sites excluding steroid dienone is 1. The molecule has 0 radical (unpaired) electrons. The van der Waals surface area contributed by atoms with Gasteiger partial charge in [-0.05, 0) is 18.1 Å². The number of hydrogen-bond donors (Lipinski definition) is 2. The summed E-state index contributed by atoms with van der Waals surface area (Å²) in [6.45, 7) is 2.17. The number of rotatable bonds is 6. The number of carbonyl (C=O) groups excluding carboxylic acids is 1. The van der Waals surface area contributed by atoms with Crippen LogP contribution in [0.15, 0.2) is 46.0 Å². The number of nitrogens with zero attached hydrogens (tertiary/aromatic N) is 1. The van der Waals surface area contributed by atoms with Crippen LogP contribution >= 0.6 is 0 Å². The summed E-state index contributed by atoms with van der Waals surface area (Å²) in [5, 5.41) is 10.1. The van der Waals surface area contributed by atoms with Crippen molar-refractivity contribution >= 4 is 11.9 Å². The minimum atomic E-state index is -0.886. The number of hydrogen-bond acceptors (Lipinski definition) is 4. The van der Waals surface area contributed by atoms with E-state index in [1.807, 2.05) is 25.1 Å². The number of H-pyrrole nitrogens is 1. The van der Waals surface area contributed by atoms with E-state index < -0.39 is 28.5 Å². The predicted molar refractivity (Wildman–Crippen MR) is 87.7 cm³/mol. The van der Waals surface area contributed by atoms with Gasteiger partial charge in [0.15, 0.2) is 5.78 Å². The Morgan fingerprint density at radius 2 is 1.96 bits per heavy atom. The summed E-state index contributed by atoms with van der Waals surface area (Å²) in [7, 11) is 0. The van der Waals surface area contributed by atoms with Gasteiger partial charge in [0.05, 0.1) is 0 Å². The van der Waals surface area contributed by atoms with Gasteiger partial charge in [0.2, 0.25) is 5.88 Å². The van der Waals surface area contributed by atoms with E-state index >= 15 is 0 Å². The molecule has 0 aliphatic heterocycles. The minimum absolute atomic E-state index is 0.237. The highest BCUT2D eigenvalue weighted by molar-refractivity contribution is 6.07. The van der Waals surface area contributed by atoms with Crippen molar-refractivity contribution in [2.45, 2.75) is 26.3 Å². The number of unbranched alkanes of at least 4 members (excludes halogenated alkanes) is 1. The average Bonchev–Trinajstić information content (AvgIpc) is 2.53. The van der Waals surface area contributed by atoms with Crippen LogP contribution in [0.3, 0.4) is 0 Å². The van der Waals surface area contributed by atoms with Crippen molar-refractivity contribution in [3.8, 4) is 5.88 Å². The third-order valence-electron chi connectivity index (χ3n) is 3.38. The van der Waals surface area contributed by atoms with Gasteiger partial charge in [0.25, 0.3) is 5.56 Å². The van der Waals surface area contributed by atoms with Gasteiger partial charge in [-0.1, -0.05) is 49.8 Å². The van der Waals surface area contributed by atoms with Gasteiger partial charge >= 0.3 is 5.69 Å². The van der Waals surface area contributed by atoms with E-state index in [4.69, 9.17) is 0 Å².